The van der Waals surface area contributed by atoms with E-state index in [2.05, 4.69) is 18.9 Å². The second kappa shape index (κ2) is 3.61. The first-order valence-electron chi connectivity index (χ1n) is 5.93. The fourth-order valence-electron chi connectivity index (χ4n) is 3.37. The van der Waals surface area contributed by atoms with Gasteiger partial charge < -0.3 is 4.90 Å². The summed E-state index contributed by atoms with van der Waals surface area (Å²) in [7, 11) is 2.26. The van der Waals surface area contributed by atoms with E-state index in [4.69, 9.17) is 0 Å². The van der Waals surface area contributed by atoms with Crippen LogP contribution in [0.5, 0.6) is 0 Å². The first kappa shape index (κ1) is 9.51. The highest BCUT2D eigenvalue weighted by Crippen LogP contribution is 2.43. The average Bonchev–Trinajstić information content (AvgIpc) is 2.26. The summed E-state index contributed by atoms with van der Waals surface area (Å²) >= 11 is 0. The Bertz CT molecular complexity index is 170. The van der Waals surface area contributed by atoms with Gasteiger partial charge in [-0.15, -0.1) is 0 Å². The lowest BCUT2D eigenvalue weighted by molar-refractivity contribution is 0.00796. The average molecular weight is 181 g/mol. The summed E-state index contributed by atoms with van der Waals surface area (Å²) in [5, 5.41) is 0. The Hall–Kier alpha value is -0.0400. The topological polar surface area (TPSA) is 3.24 Å². The predicted octanol–water partition coefficient (Wildman–Crippen LogP) is 2.91. The Labute approximate surface area is 82.5 Å². The van der Waals surface area contributed by atoms with Crippen molar-refractivity contribution in [2.24, 2.45) is 11.3 Å². The van der Waals surface area contributed by atoms with Crippen molar-refractivity contribution in [1.29, 1.82) is 0 Å². The highest BCUT2D eigenvalue weighted by molar-refractivity contribution is 4.94. The minimum atomic E-state index is 0.763. The molecule has 0 aromatic heterocycles. The molecule has 0 bridgehead atoms. The molecular formula is C12H23N. The molecule has 1 nitrogen and oxygen atoms in total. The van der Waals surface area contributed by atoms with Crippen LogP contribution < -0.4 is 0 Å². The normalized spacial score (nSPS) is 34.2. The molecule has 2 aliphatic rings. The fraction of sp³-hybridized carbons (Fsp3) is 1.00. The van der Waals surface area contributed by atoms with Crippen molar-refractivity contribution in [3.8, 4) is 0 Å². The van der Waals surface area contributed by atoms with Crippen LogP contribution in [0.3, 0.4) is 0 Å². The molecule has 0 N–H and O–H groups in total. The van der Waals surface area contributed by atoms with Gasteiger partial charge >= 0.3 is 0 Å². The Morgan fingerprint density at radius 2 is 2.00 bits per heavy atom. The summed E-state index contributed by atoms with van der Waals surface area (Å²) in [4.78, 5) is 2.48. The highest BCUT2D eigenvalue weighted by Gasteiger charge is 2.41. The number of rotatable bonds is 1. The van der Waals surface area contributed by atoms with E-state index in [1.165, 1.54) is 51.6 Å². The summed E-state index contributed by atoms with van der Waals surface area (Å²) in [5.41, 5.74) is 0.763. The molecule has 13 heavy (non-hydrogen) atoms. The molecule has 2 fully saturated rings. The van der Waals surface area contributed by atoms with Crippen LogP contribution in [0.25, 0.3) is 0 Å². The van der Waals surface area contributed by atoms with E-state index in [0.717, 1.165) is 11.3 Å². The van der Waals surface area contributed by atoms with Crippen molar-refractivity contribution in [1.82, 2.24) is 4.90 Å². The maximum absolute atomic E-state index is 2.48. The van der Waals surface area contributed by atoms with E-state index in [1.54, 1.807) is 0 Å². The van der Waals surface area contributed by atoms with E-state index in [-0.39, 0.29) is 0 Å². The Morgan fingerprint density at radius 3 is 2.62 bits per heavy atom. The van der Waals surface area contributed by atoms with Gasteiger partial charge in [-0.1, -0.05) is 26.2 Å². The van der Waals surface area contributed by atoms with Gasteiger partial charge in [-0.2, -0.15) is 0 Å². The molecule has 0 radical (unpaired) electrons. The van der Waals surface area contributed by atoms with Gasteiger partial charge in [-0.3, -0.25) is 0 Å². The van der Waals surface area contributed by atoms with Gasteiger partial charge in [-0.05, 0) is 37.6 Å². The van der Waals surface area contributed by atoms with E-state index in [1.807, 2.05) is 0 Å². The number of hydrogen-bond acceptors (Lipinski definition) is 1. The summed E-state index contributed by atoms with van der Waals surface area (Å²) in [6, 6.07) is 0. The first-order chi connectivity index (χ1) is 6.24. The summed E-state index contributed by atoms with van der Waals surface area (Å²) in [6.07, 6.45) is 8.92. The summed E-state index contributed by atoms with van der Waals surface area (Å²) in [5.74, 6) is 1.05. The van der Waals surface area contributed by atoms with E-state index >= 15 is 0 Å². The van der Waals surface area contributed by atoms with Gasteiger partial charge in [0.15, 0.2) is 0 Å². The highest BCUT2D eigenvalue weighted by atomic mass is 15.2. The zero-order chi connectivity index (χ0) is 9.31. The van der Waals surface area contributed by atoms with E-state index in [0.29, 0.717) is 0 Å². The molecule has 2 rings (SSSR count). The summed E-state index contributed by atoms with van der Waals surface area (Å²) < 4.78 is 0. The van der Waals surface area contributed by atoms with Gasteiger partial charge in [0.2, 0.25) is 0 Å². The molecule has 1 unspecified atom stereocenters. The van der Waals surface area contributed by atoms with E-state index < -0.39 is 0 Å². The van der Waals surface area contributed by atoms with Gasteiger partial charge in [0.1, 0.15) is 0 Å². The molecule has 1 saturated carbocycles. The number of likely N-dealkylation sites (tertiary alicyclic amines) is 1. The second-order valence-electron chi connectivity index (χ2n) is 5.38. The zero-order valence-corrected chi connectivity index (χ0v) is 9.18. The van der Waals surface area contributed by atoms with Crippen LogP contribution >= 0.6 is 0 Å². The molecule has 0 amide bonds. The third-order valence-corrected chi connectivity index (χ3v) is 4.19. The van der Waals surface area contributed by atoms with Crippen molar-refractivity contribution < 1.29 is 0 Å². The Kier molecular flexibility index (Phi) is 2.64. The lowest BCUT2D eigenvalue weighted by Crippen LogP contribution is -2.53. The monoisotopic (exact) mass is 181 g/mol. The van der Waals surface area contributed by atoms with Crippen molar-refractivity contribution in [2.75, 3.05) is 20.1 Å². The van der Waals surface area contributed by atoms with Crippen LogP contribution in [0.4, 0.5) is 0 Å². The van der Waals surface area contributed by atoms with Crippen molar-refractivity contribution in [2.45, 2.75) is 45.4 Å². The molecule has 1 aliphatic carbocycles. The van der Waals surface area contributed by atoms with Crippen LogP contribution in [0, 0.1) is 11.3 Å². The van der Waals surface area contributed by atoms with Crippen LogP contribution in [-0.4, -0.2) is 25.0 Å². The van der Waals surface area contributed by atoms with Crippen molar-refractivity contribution in [3.05, 3.63) is 0 Å². The van der Waals surface area contributed by atoms with Crippen LogP contribution in [0.1, 0.15) is 45.4 Å². The molecular weight excluding hydrogens is 158 g/mol. The minimum absolute atomic E-state index is 0.763. The fourth-order valence-corrected chi connectivity index (χ4v) is 3.37. The molecule has 1 spiro atoms. The number of hydrogen-bond donors (Lipinski definition) is 0. The molecule has 1 heterocycles. The third-order valence-electron chi connectivity index (χ3n) is 4.19. The quantitative estimate of drug-likeness (QED) is 0.601. The van der Waals surface area contributed by atoms with Gasteiger partial charge in [-0.25, -0.2) is 0 Å². The maximum atomic E-state index is 2.48. The predicted molar refractivity (Wildman–Crippen MR) is 56.8 cm³/mol. The lowest BCUT2D eigenvalue weighted by atomic mass is 9.74. The molecule has 1 saturated heterocycles. The van der Waals surface area contributed by atoms with E-state index in [9.17, 15) is 0 Å². The van der Waals surface area contributed by atoms with Gasteiger partial charge in [0, 0.05) is 13.1 Å². The molecule has 0 aromatic carbocycles. The van der Waals surface area contributed by atoms with Gasteiger partial charge in [0.05, 0.1) is 0 Å². The Morgan fingerprint density at radius 1 is 1.23 bits per heavy atom. The van der Waals surface area contributed by atoms with Crippen LogP contribution in [0.15, 0.2) is 0 Å². The molecule has 1 aliphatic heterocycles. The minimum Gasteiger partial charge on any atom is -0.305 e. The largest absolute Gasteiger partial charge is 0.305 e. The molecule has 0 aromatic rings. The molecule has 1 atom stereocenters. The third kappa shape index (κ3) is 1.90. The van der Waals surface area contributed by atoms with Crippen molar-refractivity contribution in [3.63, 3.8) is 0 Å². The zero-order valence-electron chi connectivity index (χ0n) is 9.18. The molecule has 76 valence electrons. The second-order valence-corrected chi connectivity index (χ2v) is 5.38. The van der Waals surface area contributed by atoms with Crippen LogP contribution in [0.2, 0.25) is 0 Å². The first-order valence-corrected chi connectivity index (χ1v) is 5.93. The van der Waals surface area contributed by atoms with Crippen LogP contribution in [-0.2, 0) is 0 Å². The SMILES string of the molecule is CCC1CCCC2(CC1)CN(C)C2. The Balaban J connectivity index is 1.88. The lowest BCUT2D eigenvalue weighted by Gasteiger charge is -2.48. The summed E-state index contributed by atoms with van der Waals surface area (Å²) in [6.45, 7) is 5.11. The smallest absolute Gasteiger partial charge is 0.00474 e. The molecule has 1 heteroatoms. The van der Waals surface area contributed by atoms with Gasteiger partial charge in [0.25, 0.3) is 0 Å². The standard InChI is InChI=1S/C12H23N/c1-3-11-5-4-7-12(8-6-11)9-13(2)10-12/h11H,3-10H2,1-2H3. The number of nitrogens with zero attached hydrogens (tertiary/aromatic N) is 1. The maximum Gasteiger partial charge on any atom is 0.00474 e. The van der Waals surface area contributed by atoms with Crippen molar-refractivity contribution >= 4 is 0 Å².